The molecule has 1 aliphatic carbocycles. The Labute approximate surface area is 85.5 Å². The molecule has 2 unspecified atom stereocenters. The van der Waals surface area contributed by atoms with Gasteiger partial charge in [-0.3, -0.25) is 0 Å². The second-order valence-electron chi connectivity index (χ2n) is 4.64. The van der Waals surface area contributed by atoms with Gasteiger partial charge in [0.25, 0.3) is 0 Å². The van der Waals surface area contributed by atoms with E-state index in [1.54, 1.807) is 5.56 Å². The van der Waals surface area contributed by atoms with E-state index in [2.05, 4.69) is 29.6 Å². The highest BCUT2D eigenvalue weighted by Gasteiger charge is 2.27. The smallest absolute Gasteiger partial charge is 0.0210 e. The van der Waals surface area contributed by atoms with Crippen LogP contribution in [0, 0.1) is 0 Å². The van der Waals surface area contributed by atoms with Gasteiger partial charge in [0.1, 0.15) is 0 Å². The lowest BCUT2D eigenvalue weighted by Crippen LogP contribution is -2.30. The second-order valence-corrected chi connectivity index (χ2v) is 4.64. The lowest BCUT2D eigenvalue weighted by atomic mass is 9.81. The molecule has 1 heteroatoms. The topological polar surface area (TPSA) is 12.0 Å². The molecule has 3 rings (SSSR count). The van der Waals surface area contributed by atoms with E-state index in [0.29, 0.717) is 0 Å². The number of hydrogen-bond acceptors (Lipinski definition) is 1. The van der Waals surface area contributed by atoms with Crippen molar-refractivity contribution in [3.8, 4) is 0 Å². The standard InChI is InChI=1S/C13H17N/c1-2-7-13-10-5-3-6-12(8-10)14-9-11(13)4-1/h1-2,4,7,10,12,14H,3,5-6,8-9H2. The molecule has 14 heavy (non-hydrogen) atoms. The number of hydrogen-bond donors (Lipinski definition) is 1. The Balaban J connectivity index is 2.01. The molecule has 0 saturated heterocycles. The maximum Gasteiger partial charge on any atom is 0.0210 e. The Bertz CT molecular complexity index is 332. The van der Waals surface area contributed by atoms with E-state index in [1.165, 1.54) is 31.2 Å². The number of nitrogens with one attached hydrogen (secondary N) is 1. The van der Waals surface area contributed by atoms with Gasteiger partial charge in [-0.2, -0.15) is 0 Å². The number of benzene rings is 1. The molecule has 2 atom stereocenters. The molecule has 1 aliphatic heterocycles. The van der Waals surface area contributed by atoms with E-state index in [0.717, 1.165) is 18.5 Å². The summed E-state index contributed by atoms with van der Waals surface area (Å²) in [5, 5.41) is 3.67. The monoisotopic (exact) mass is 187 g/mol. The Morgan fingerprint density at radius 1 is 1.14 bits per heavy atom. The Kier molecular flexibility index (Phi) is 2.06. The number of fused-ring (bicyclic) bond motifs is 4. The van der Waals surface area contributed by atoms with Crippen molar-refractivity contribution < 1.29 is 0 Å². The molecular formula is C13H17N. The lowest BCUT2D eigenvalue weighted by Gasteiger charge is -2.27. The molecule has 1 nitrogen and oxygen atoms in total. The van der Waals surface area contributed by atoms with E-state index in [1.807, 2.05) is 0 Å². The van der Waals surface area contributed by atoms with Crippen LogP contribution in [0.3, 0.4) is 0 Å². The quantitative estimate of drug-likeness (QED) is 0.658. The predicted molar refractivity (Wildman–Crippen MR) is 58.3 cm³/mol. The van der Waals surface area contributed by atoms with Gasteiger partial charge in [0.15, 0.2) is 0 Å². The minimum atomic E-state index is 0.779. The van der Waals surface area contributed by atoms with Gasteiger partial charge >= 0.3 is 0 Å². The largest absolute Gasteiger partial charge is 0.310 e. The van der Waals surface area contributed by atoms with Crippen molar-refractivity contribution in [2.45, 2.75) is 44.2 Å². The first-order chi connectivity index (χ1) is 6.93. The highest BCUT2D eigenvalue weighted by molar-refractivity contribution is 5.32. The Hall–Kier alpha value is -0.820. The first-order valence-corrected chi connectivity index (χ1v) is 5.74. The van der Waals surface area contributed by atoms with Crippen LogP contribution in [0.15, 0.2) is 24.3 Å². The normalized spacial score (nSPS) is 30.6. The molecule has 1 aromatic carbocycles. The average Bonchev–Trinajstić information content (AvgIpc) is 2.38. The maximum absolute atomic E-state index is 3.67. The van der Waals surface area contributed by atoms with Gasteiger partial charge < -0.3 is 5.32 Å². The Morgan fingerprint density at radius 3 is 3.07 bits per heavy atom. The first-order valence-electron chi connectivity index (χ1n) is 5.74. The molecule has 74 valence electrons. The van der Waals surface area contributed by atoms with Crippen molar-refractivity contribution in [1.29, 1.82) is 0 Å². The summed E-state index contributed by atoms with van der Waals surface area (Å²) in [6.07, 6.45) is 5.54. The SMILES string of the molecule is c1ccc2c(c1)CNC1CCCC2C1. The van der Waals surface area contributed by atoms with E-state index < -0.39 is 0 Å². The van der Waals surface area contributed by atoms with E-state index in [-0.39, 0.29) is 0 Å². The summed E-state index contributed by atoms with van der Waals surface area (Å²) in [7, 11) is 0. The van der Waals surface area contributed by atoms with Crippen molar-refractivity contribution in [3.63, 3.8) is 0 Å². The fourth-order valence-corrected chi connectivity index (χ4v) is 3.01. The van der Waals surface area contributed by atoms with E-state index in [4.69, 9.17) is 0 Å². The van der Waals surface area contributed by atoms with Crippen LogP contribution < -0.4 is 5.32 Å². The molecule has 0 aromatic heterocycles. The third-order valence-electron chi connectivity index (χ3n) is 3.75. The zero-order chi connectivity index (χ0) is 9.38. The summed E-state index contributed by atoms with van der Waals surface area (Å²) < 4.78 is 0. The van der Waals surface area contributed by atoms with Crippen LogP contribution in [-0.2, 0) is 6.54 Å². The van der Waals surface area contributed by atoms with Crippen LogP contribution in [0.2, 0.25) is 0 Å². The lowest BCUT2D eigenvalue weighted by molar-refractivity contribution is 0.353. The van der Waals surface area contributed by atoms with Gasteiger partial charge in [-0.1, -0.05) is 30.7 Å². The molecule has 0 spiro atoms. The Morgan fingerprint density at radius 2 is 2.07 bits per heavy atom. The molecule has 1 fully saturated rings. The maximum atomic E-state index is 3.67. The molecule has 1 N–H and O–H groups in total. The molecule has 2 aliphatic rings. The van der Waals surface area contributed by atoms with Crippen LogP contribution in [0.4, 0.5) is 0 Å². The van der Waals surface area contributed by atoms with E-state index in [9.17, 15) is 0 Å². The van der Waals surface area contributed by atoms with Crippen molar-refractivity contribution in [3.05, 3.63) is 35.4 Å². The second kappa shape index (κ2) is 3.39. The fourth-order valence-electron chi connectivity index (χ4n) is 3.01. The van der Waals surface area contributed by atoms with Gasteiger partial charge in [0.05, 0.1) is 0 Å². The summed E-state index contributed by atoms with van der Waals surface area (Å²) in [4.78, 5) is 0. The molecular weight excluding hydrogens is 170 g/mol. The fraction of sp³-hybridized carbons (Fsp3) is 0.538. The highest BCUT2D eigenvalue weighted by Crippen LogP contribution is 2.36. The van der Waals surface area contributed by atoms with Crippen LogP contribution in [0.1, 0.15) is 42.7 Å². The van der Waals surface area contributed by atoms with Gasteiger partial charge in [-0.15, -0.1) is 0 Å². The predicted octanol–water partition coefficient (Wildman–Crippen LogP) is 2.82. The zero-order valence-corrected chi connectivity index (χ0v) is 8.50. The van der Waals surface area contributed by atoms with Crippen LogP contribution in [-0.4, -0.2) is 6.04 Å². The zero-order valence-electron chi connectivity index (χ0n) is 8.50. The molecule has 0 amide bonds. The van der Waals surface area contributed by atoms with Crippen molar-refractivity contribution in [1.82, 2.24) is 5.32 Å². The molecule has 2 bridgehead atoms. The van der Waals surface area contributed by atoms with Crippen LogP contribution in [0.25, 0.3) is 0 Å². The molecule has 1 aromatic rings. The van der Waals surface area contributed by atoms with Crippen LogP contribution in [0.5, 0.6) is 0 Å². The number of rotatable bonds is 0. The van der Waals surface area contributed by atoms with Crippen molar-refractivity contribution >= 4 is 0 Å². The summed E-state index contributed by atoms with van der Waals surface area (Å²) >= 11 is 0. The van der Waals surface area contributed by atoms with Gasteiger partial charge in [-0.25, -0.2) is 0 Å². The molecule has 1 saturated carbocycles. The third-order valence-corrected chi connectivity index (χ3v) is 3.75. The van der Waals surface area contributed by atoms with Gasteiger partial charge in [0, 0.05) is 12.6 Å². The molecule has 1 heterocycles. The van der Waals surface area contributed by atoms with Crippen molar-refractivity contribution in [2.24, 2.45) is 0 Å². The van der Waals surface area contributed by atoms with Gasteiger partial charge in [0.2, 0.25) is 0 Å². The van der Waals surface area contributed by atoms with Crippen molar-refractivity contribution in [2.75, 3.05) is 0 Å². The summed E-state index contributed by atoms with van der Waals surface area (Å²) in [5.41, 5.74) is 3.14. The van der Waals surface area contributed by atoms with E-state index >= 15 is 0 Å². The average molecular weight is 187 g/mol. The first kappa shape index (κ1) is 8.49. The van der Waals surface area contributed by atoms with Crippen LogP contribution >= 0.6 is 0 Å². The summed E-state index contributed by atoms with van der Waals surface area (Å²) in [5.74, 6) is 0.833. The highest BCUT2D eigenvalue weighted by atomic mass is 14.9. The van der Waals surface area contributed by atoms with Gasteiger partial charge in [-0.05, 0) is 36.3 Å². The minimum absolute atomic E-state index is 0.779. The molecule has 0 radical (unpaired) electrons. The third kappa shape index (κ3) is 1.36. The minimum Gasteiger partial charge on any atom is -0.310 e. The summed E-state index contributed by atoms with van der Waals surface area (Å²) in [6, 6.07) is 9.74. The summed E-state index contributed by atoms with van der Waals surface area (Å²) in [6.45, 7) is 1.08.